The Kier molecular flexibility index (Phi) is 7.87. The normalized spacial score (nSPS) is 20.3. The van der Waals surface area contributed by atoms with Crippen molar-refractivity contribution < 1.29 is 24.2 Å². The summed E-state index contributed by atoms with van der Waals surface area (Å²) in [6, 6.07) is 9.25. The van der Waals surface area contributed by atoms with E-state index in [-0.39, 0.29) is 24.4 Å². The van der Waals surface area contributed by atoms with Crippen LogP contribution in [0.3, 0.4) is 0 Å². The Balaban J connectivity index is 1.38. The summed E-state index contributed by atoms with van der Waals surface area (Å²) >= 11 is 0. The molecule has 2 aromatic heterocycles. The number of aromatic amines is 1. The first kappa shape index (κ1) is 26.4. The van der Waals surface area contributed by atoms with Gasteiger partial charge < -0.3 is 19.6 Å². The van der Waals surface area contributed by atoms with E-state index in [1.807, 2.05) is 25.1 Å². The number of likely N-dealkylation sites (tertiary alicyclic amines) is 1. The fourth-order valence-corrected chi connectivity index (χ4v) is 4.64. The number of pyridine rings is 1. The van der Waals surface area contributed by atoms with E-state index in [1.54, 1.807) is 37.5 Å². The molecule has 3 aromatic rings. The molecule has 200 valence electrons. The van der Waals surface area contributed by atoms with Gasteiger partial charge in [-0.3, -0.25) is 14.5 Å². The van der Waals surface area contributed by atoms with Gasteiger partial charge in [-0.15, -0.1) is 0 Å². The van der Waals surface area contributed by atoms with Gasteiger partial charge in [-0.25, -0.2) is 9.98 Å². The van der Waals surface area contributed by atoms with Gasteiger partial charge in [0.1, 0.15) is 5.65 Å². The Bertz CT molecular complexity index is 1520. The number of hydrogen-bond donors (Lipinski definition) is 2. The number of H-pyrrole nitrogens is 1. The predicted octanol–water partition coefficient (Wildman–Crippen LogP) is 3.53. The quantitative estimate of drug-likeness (QED) is 0.226. The number of carbonyl (C=O) groups excluding carboxylic acids is 2. The van der Waals surface area contributed by atoms with Crippen LogP contribution < -0.4 is 0 Å². The molecule has 9 heteroatoms. The zero-order chi connectivity index (χ0) is 27.4. The van der Waals surface area contributed by atoms with Crippen LogP contribution in [0.25, 0.3) is 17.1 Å². The van der Waals surface area contributed by atoms with Crippen molar-refractivity contribution in [2.45, 2.75) is 32.8 Å². The highest BCUT2D eigenvalue weighted by Gasteiger charge is 2.44. The first-order valence-corrected chi connectivity index (χ1v) is 13.0. The number of aryl methyl sites for hydroxylation is 1. The molecule has 39 heavy (non-hydrogen) atoms. The highest BCUT2D eigenvalue weighted by molar-refractivity contribution is 6.27. The third kappa shape index (κ3) is 5.93. The summed E-state index contributed by atoms with van der Waals surface area (Å²) in [6.45, 7) is 6.05. The lowest BCUT2D eigenvalue weighted by Gasteiger charge is -2.27. The minimum absolute atomic E-state index is 0.0157. The molecule has 1 aromatic carbocycles. The molecule has 1 atom stereocenters. The van der Waals surface area contributed by atoms with Crippen LogP contribution >= 0.6 is 0 Å². The molecule has 0 aliphatic carbocycles. The van der Waals surface area contributed by atoms with E-state index < -0.39 is 17.7 Å². The van der Waals surface area contributed by atoms with Crippen LogP contribution in [-0.2, 0) is 19.1 Å². The standard InChI is InChI=1S/C30H30N4O5/c1-3-38-30(37)26-27(36)25(17-21-18-32-28-23(21)7-4-12-31-28)39-29(26)33-24-9-8-20(16-19(24)2)6-5-13-34-14-10-22(35)11-15-34/h4,7-9,12,16-18,22,26,35H,3,10-11,13-15H2,1-2H3,(H,31,32)/b25-17-,33-29?. The number of nitrogens with zero attached hydrogens (tertiary/aromatic N) is 3. The zero-order valence-corrected chi connectivity index (χ0v) is 21.9. The number of ether oxygens (including phenoxy) is 2. The number of aliphatic hydroxyl groups excluding tert-OH is 1. The molecule has 0 bridgehead atoms. The lowest BCUT2D eigenvalue weighted by atomic mass is 10.0. The number of allylic oxidation sites excluding steroid dienone is 1. The number of nitrogens with one attached hydrogen (secondary N) is 1. The third-order valence-corrected chi connectivity index (χ3v) is 6.78. The van der Waals surface area contributed by atoms with Gasteiger partial charge in [-0.2, -0.15) is 0 Å². The SMILES string of the molecule is CCOC(=O)C1C(=O)/C(=C/c2c[nH]c3ncccc23)OC1=Nc1ccc(C#CCN2CCC(O)CC2)cc1C. The molecule has 2 saturated heterocycles. The van der Waals surface area contributed by atoms with Gasteiger partial charge in [0.25, 0.3) is 0 Å². The summed E-state index contributed by atoms with van der Waals surface area (Å²) in [5, 5.41) is 10.5. The Morgan fingerprint density at radius 1 is 1.33 bits per heavy atom. The second kappa shape index (κ2) is 11.6. The highest BCUT2D eigenvalue weighted by Crippen LogP contribution is 2.30. The fraction of sp³-hybridized carbons (Fsp3) is 0.333. The number of esters is 1. The van der Waals surface area contributed by atoms with Crippen molar-refractivity contribution in [2.75, 3.05) is 26.2 Å². The predicted molar refractivity (Wildman–Crippen MR) is 147 cm³/mol. The highest BCUT2D eigenvalue weighted by atomic mass is 16.5. The molecule has 4 heterocycles. The molecule has 9 nitrogen and oxygen atoms in total. The second-order valence-electron chi connectivity index (χ2n) is 9.56. The number of hydrogen-bond acceptors (Lipinski definition) is 8. The smallest absolute Gasteiger partial charge is 0.326 e. The van der Waals surface area contributed by atoms with Crippen LogP contribution in [0.1, 0.15) is 36.5 Å². The average Bonchev–Trinajstić information content (AvgIpc) is 3.47. The summed E-state index contributed by atoms with van der Waals surface area (Å²) in [4.78, 5) is 40.1. The van der Waals surface area contributed by atoms with Crippen molar-refractivity contribution in [3.63, 3.8) is 0 Å². The van der Waals surface area contributed by atoms with Gasteiger partial charge in [0, 0.05) is 42.0 Å². The Hall–Kier alpha value is -4.26. The van der Waals surface area contributed by atoms with Gasteiger partial charge in [-0.05, 0) is 68.7 Å². The number of aliphatic imine (C=N–C) groups is 1. The molecular weight excluding hydrogens is 496 g/mol. The fourth-order valence-electron chi connectivity index (χ4n) is 4.64. The molecule has 2 N–H and O–H groups in total. The van der Waals surface area contributed by atoms with Gasteiger partial charge >= 0.3 is 5.97 Å². The number of rotatable bonds is 5. The zero-order valence-electron chi connectivity index (χ0n) is 21.9. The van der Waals surface area contributed by atoms with Crippen LogP contribution in [-0.4, -0.2) is 70.0 Å². The first-order valence-electron chi connectivity index (χ1n) is 13.0. The van der Waals surface area contributed by atoms with Crippen LogP contribution in [0.15, 0.2) is 53.5 Å². The molecule has 2 aliphatic rings. The van der Waals surface area contributed by atoms with Crippen molar-refractivity contribution in [2.24, 2.45) is 10.9 Å². The number of fused-ring (bicyclic) bond motifs is 1. The largest absolute Gasteiger partial charge is 0.465 e. The van der Waals surface area contributed by atoms with E-state index in [4.69, 9.17) is 9.47 Å². The minimum Gasteiger partial charge on any atom is -0.465 e. The average molecular weight is 527 g/mol. The summed E-state index contributed by atoms with van der Waals surface area (Å²) in [5.41, 5.74) is 3.63. The molecule has 2 aliphatic heterocycles. The maximum absolute atomic E-state index is 13.3. The van der Waals surface area contributed by atoms with Crippen LogP contribution in [0, 0.1) is 24.7 Å². The molecule has 0 radical (unpaired) electrons. The Morgan fingerprint density at radius 3 is 2.92 bits per heavy atom. The monoisotopic (exact) mass is 526 g/mol. The van der Waals surface area contributed by atoms with Crippen LogP contribution in [0.5, 0.6) is 0 Å². The molecule has 0 amide bonds. The van der Waals surface area contributed by atoms with Crippen LogP contribution in [0.2, 0.25) is 0 Å². The van der Waals surface area contributed by atoms with Crippen molar-refractivity contribution >= 4 is 40.4 Å². The third-order valence-electron chi connectivity index (χ3n) is 6.78. The molecular formula is C30H30N4O5. The first-order chi connectivity index (χ1) is 18.9. The molecule has 0 spiro atoms. The Labute approximate surface area is 226 Å². The lowest BCUT2D eigenvalue weighted by molar-refractivity contribution is -0.147. The molecule has 2 fully saturated rings. The van der Waals surface area contributed by atoms with Crippen molar-refractivity contribution in [3.8, 4) is 11.8 Å². The van der Waals surface area contributed by atoms with Gasteiger partial charge in [0.15, 0.2) is 11.7 Å². The van der Waals surface area contributed by atoms with E-state index in [9.17, 15) is 14.7 Å². The minimum atomic E-state index is -1.28. The maximum atomic E-state index is 13.3. The topological polar surface area (TPSA) is 117 Å². The molecule has 5 rings (SSSR count). The van der Waals surface area contributed by atoms with Gasteiger partial charge in [-0.1, -0.05) is 11.8 Å². The lowest BCUT2D eigenvalue weighted by Crippen LogP contribution is -2.35. The summed E-state index contributed by atoms with van der Waals surface area (Å²) in [6.07, 6.45) is 6.35. The summed E-state index contributed by atoms with van der Waals surface area (Å²) in [5.74, 6) is 3.90. The van der Waals surface area contributed by atoms with E-state index in [0.717, 1.165) is 42.4 Å². The van der Waals surface area contributed by atoms with Gasteiger partial charge in [0.05, 0.1) is 24.9 Å². The second-order valence-corrected chi connectivity index (χ2v) is 9.56. The number of aliphatic hydroxyl groups is 1. The molecule has 0 saturated carbocycles. The van der Waals surface area contributed by atoms with Crippen LogP contribution in [0.4, 0.5) is 5.69 Å². The number of carbonyl (C=O) groups is 2. The van der Waals surface area contributed by atoms with E-state index in [2.05, 4.69) is 31.7 Å². The van der Waals surface area contributed by atoms with Crippen molar-refractivity contribution in [1.82, 2.24) is 14.9 Å². The summed E-state index contributed by atoms with van der Waals surface area (Å²) in [7, 11) is 0. The van der Waals surface area contributed by atoms with Crippen molar-refractivity contribution in [1.29, 1.82) is 0 Å². The number of aromatic nitrogens is 2. The van der Waals surface area contributed by atoms with E-state index >= 15 is 0 Å². The number of Topliss-reactive ketones (excluding diaryl/α,β-unsaturated/α-hetero) is 1. The van der Waals surface area contributed by atoms with E-state index in [0.29, 0.717) is 23.4 Å². The van der Waals surface area contributed by atoms with Crippen molar-refractivity contribution in [3.05, 3.63) is 65.2 Å². The number of benzene rings is 1. The molecule has 1 unspecified atom stereocenters. The number of ketones is 1. The Morgan fingerprint density at radius 2 is 2.15 bits per heavy atom. The van der Waals surface area contributed by atoms with Gasteiger partial charge in [0.2, 0.25) is 11.7 Å². The summed E-state index contributed by atoms with van der Waals surface area (Å²) < 4.78 is 11.0. The van der Waals surface area contributed by atoms with E-state index in [1.165, 1.54) is 0 Å². The maximum Gasteiger partial charge on any atom is 0.326 e. The number of piperidine rings is 1.